The summed E-state index contributed by atoms with van der Waals surface area (Å²) >= 11 is 5.88. The maximum absolute atomic E-state index is 9.58. The highest BCUT2D eigenvalue weighted by Gasteiger charge is 1.98. The molecule has 0 aliphatic rings. The zero-order valence-corrected chi connectivity index (χ0v) is 12.2. The molecule has 1 nitrogen and oxygen atoms in total. The van der Waals surface area contributed by atoms with Gasteiger partial charge in [-0.15, -0.1) is 0 Å². The number of aliphatic hydroxyl groups excluding tert-OH is 1. The molecule has 0 amide bonds. The summed E-state index contributed by atoms with van der Waals surface area (Å²) in [5.41, 5.74) is 3.17. The van der Waals surface area contributed by atoms with Gasteiger partial charge in [0.1, 0.15) is 6.10 Å². The number of rotatable bonds is 3. The average Bonchev–Trinajstić information content (AvgIpc) is 2.47. The van der Waals surface area contributed by atoms with E-state index in [1.165, 1.54) is 0 Å². The normalized spacial score (nSPS) is 11.6. The molecule has 1 N–H and O–H groups in total. The lowest BCUT2D eigenvalue weighted by Crippen LogP contribution is -2.00. The van der Waals surface area contributed by atoms with Gasteiger partial charge in [0.05, 0.1) is 0 Å². The third-order valence-corrected chi connectivity index (χ3v) is 3.26. The third kappa shape index (κ3) is 4.13. The van der Waals surface area contributed by atoms with E-state index in [1.54, 1.807) is 0 Å². The van der Waals surface area contributed by atoms with E-state index in [9.17, 15) is 5.11 Å². The van der Waals surface area contributed by atoms with Crippen LogP contribution in [-0.2, 0) is 0 Å². The third-order valence-electron chi connectivity index (χ3n) is 3.01. The minimum atomic E-state index is -0.532. The van der Waals surface area contributed by atoms with Crippen molar-refractivity contribution in [1.29, 1.82) is 0 Å². The summed E-state index contributed by atoms with van der Waals surface area (Å²) in [6.45, 7) is 2.03. The highest BCUT2D eigenvalue weighted by atomic mass is 35.5. The van der Waals surface area contributed by atoms with Crippen LogP contribution in [-0.4, -0.2) is 11.2 Å². The van der Waals surface area contributed by atoms with E-state index in [1.807, 2.05) is 55.5 Å². The lowest BCUT2D eigenvalue weighted by atomic mass is 10.0. The van der Waals surface area contributed by atoms with Crippen molar-refractivity contribution in [3.05, 3.63) is 59.1 Å². The van der Waals surface area contributed by atoms with Gasteiger partial charge in [-0.1, -0.05) is 61.1 Å². The van der Waals surface area contributed by atoms with E-state index in [0.29, 0.717) is 0 Å². The first-order chi connectivity index (χ1) is 9.69. The Bertz CT molecular complexity index is 603. The van der Waals surface area contributed by atoms with Crippen molar-refractivity contribution in [2.75, 3.05) is 0 Å². The van der Waals surface area contributed by atoms with Gasteiger partial charge in [-0.25, -0.2) is 0 Å². The largest absolute Gasteiger partial charge is 0.380 e. The van der Waals surface area contributed by atoms with E-state index in [-0.39, 0.29) is 0 Å². The molecule has 0 fully saturated rings. The molecule has 20 heavy (non-hydrogen) atoms. The summed E-state index contributed by atoms with van der Waals surface area (Å²) in [6, 6.07) is 15.7. The summed E-state index contributed by atoms with van der Waals surface area (Å²) in [5.74, 6) is 5.85. The monoisotopic (exact) mass is 284 g/mol. The van der Waals surface area contributed by atoms with Gasteiger partial charge in [-0.05, 0) is 41.8 Å². The second-order valence-electron chi connectivity index (χ2n) is 4.66. The van der Waals surface area contributed by atoms with Crippen molar-refractivity contribution in [2.45, 2.75) is 25.9 Å². The molecule has 1 atom stereocenters. The van der Waals surface area contributed by atoms with Crippen LogP contribution in [0.2, 0.25) is 5.02 Å². The smallest absolute Gasteiger partial charge is 0.115 e. The van der Waals surface area contributed by atoms with Gasteiger partial charge in [0, 0.05) is 10.6 Å². The number of hydrogen-bond acceptors (Lipinski definition) is 1. The van der Waals surface area contributed by atoms with E-state index < -0.39 is 6.10 Å². The number of hydrogen-bond donors (Lipinski definition) is 1. The quantitative estimate of drug-likeness (QED) is 0.822. The molecule has 2 heteroatoms. The van der Waals surface area contributed by atoms with Gasteiger partial charge >= 0.3 is 0 Å². The summed E-state index contributed by atoms with van der Waals surface area (Å²) in [5, 5.41) is 10.3. The SMILES string of the molecule is CCCC(O)C#Cc1ccc(-c2ccc(Cl)cc2)cc1. The minimum Gasteiger partial charge on any atom is -0.380 e. The van der Waals surface area contributed by atoms with Crippen molar-refractivity contribution < 1.29 is 5.11 Å². The topological polar surface area (TPSA) is 20.2 Å². The van der Waals surface area contributed by atoms with E-state index in [2.05, 4.69) is 11.8 Å². The first kappa shape index (κ1) is 14.7. The van der Waals surface area contributed by atoms with Crippen LogP contribution >= 0.6 is 11.6 Å². The summed E-state index contributed by atoms with van der Waals surface area (Å²) < 4.78 is 0. The highest BCUT2D eigenvalue weighted by molar-refractivity contribution is 6.30. The molecule has 0 aliphatic carbocycles. The van der Waals surface area contributed by atoms with Crippen LogP contribution in [0.1, 0.15) is 25.3 Å². The first-order valence-corrected chi connectivity index (χ1v) is 7.12. The van der Waals surface area contributed by atoms with Crippen molar-refractivity contribution in [3.63, 3.8) is 0 Å². The molecule has 0 spiro atoms. The van der Waals surface area contributed by atoms with Crippen LogP contribution in [0, 0.1) is 11.8 Å². The predicted molar refractivity (Wildman–Crippen MR) is 84.7 cm³/mol. The Morgan fingerprint density at radius 2 is 1.55 bits per heavy atom. The maximum atomic E-state index is 9.58. The molecule has 2 aromatic carbocycles. The molecule has 0 radical (unpaired) electrons. The predicted octanol–water partition coefficient (Wildman–Crippen LogP) is 4.52. The summed E-state index contributed by atoms with van der Waals surface area (Å²) in [7, 11) is 0. The number of aliphatic hydroxyl groups is 1. The van der Waals surface area contributed by atoms with Crippen molar-refractivity contribution in [3.8, 4) is 23.0 Å². The fourth-order valence-corrected chi connectivity index (χ4v) is 2.03. The molecule has 2 aromatic rings. The fraction of sp³-hybridized carbons (Fsp3) is 0.222. The Labute approximate surface area is 125 Å². The molecular formula is C18H17ClO. The van der Waals surface area contributed by atoms with Gasteiger partial charge in [-0.2, -0.15) is 0 Å². The molecule has 0 aromatic heterocycles. The lowest BCUT2D eigenvalue weighted by molar-refractivity contribution is 0.221. The van der Waals surface area contributed by atoms with Gasteiger partial charge < -0.3 is 5.11 Å². The van der Waals surface area contributed by atoms with E-state index >= 15 is 0 Å². The minimum absolute atomic E-state index is 0.532. The Morgan fingerprint density at radius 1 is 1.00 bits per heavy atom. The number of halogens is 1. The van der Waals surface area contributed by atoms with Crippen molar-refractivity contribution in [1.82, 2.24) is 0 Å². The van der Waals surface area contributed by atoms with Crippen LogP contribution in [0.3, 0.4) is 0 Å². The lowest BCUT2D eigenvalue weighted by Gasteiger charge is -2.02. The molecule has 0 heterocycles. The highest BCUT2D eigenvalue weighted by Crippen LogP contribution is 2.21. The average molecular weight is 285 g/mol. The second kappa shape index (κ2) is 7.14. The zero-order valence-electron chi connectivity index (χ0n) is 11.4. The van der Waals surface area contributed by atoms with Crippen LogP contribution in [0.25, 0.3) is 11.1 Å². The van der Waals surface area contributed by atoms with E-state index in [0.717, 1.165) is 34.6 Å². The molecule has 1 unspecified atom stereocenters. The molecule has 2 rings (SSSR count). The van der Waals surface area contributed by atoms with Gasteiger partial charge in [0.25, 0.3) is 0 Å². The molecule has 0 bridgehead atoms. The molecule has 0 saturated carbocycles. The summed E-state index contributed by atoms with van der Waals surface area (Å²) in [6.07, 6.45) is 1.12. The first-order valence-electron chi connectivity index (χ1n) is 6.74. The van der Waals surface area contributed by atoms with Gasteiger partial charge in [0.2, 0.25) is 0 Å². The van der Waals surface area contributed by atoms with Crippen LogP contribution < -0.4 is 0 Å². The molecule has 0 saturated heterocycles. The van der Waals surface area contributed by atoms with Crippen LogP contribution in [0.15, 0.2) is 48.5 Å². The Hall–Kier alpha value is -1.75. The Kier molecular flexibility index (Phi) is 5.24. The fourth-order valence-electron chi connectivity index (χ4n) is 1.90. The van der Waals surface area contributed by atoms with Crippen LogP contribution in [0.4, 0.5) is 0 Å². The number of benzene rings is 2. The molecule has 0 aliphatic heterocycles. The molecular weight excluding hydrogens is 268 g/mol. The zero-order chi connectivity index (χ0) is 14.4. The standard InChI is InChI=1S/C18H17ClO/c1-2-3-18(20)13-6-14-4-7-15(8-5-14)16-9-11-17(19)12-10-16/h4-5,7-12,18,20H,2-3H2,1H3. The van der Waals surface area contributed by atoms with E-state index in [4.69, 9.17) is 11.6 Å². The second-order valence-corrected chi connectivity index (χ2v) is 5.09. The van der Waals surface area contributed by atoms with Gasteiger partial charge in [0.15, 0.2) is 0 Å². The maximum Gasteiger partial charge on any atom is 0.115 e. The Morgan fingerprint density at radius 3 is 2.10 bits per heavy atom. The van der Waals surface area contributed by atoms with Gasteiger partial charge in [-0.3, -0.25) is 0 Å². The Balaban J connectivity index is 2.12. The summed E-state index contributed by atoms with van der Waals surface area (Å²) in [4.78, 5) is 0. The van der Waals surface area contributed by atoms with Crippen molar-refractivity contribution in [2.24, 2.45) is 0 Å². The van der Waals surface area contributed by atoms with Crippen LogP contribution in [0.5, 0.6) is 0 Å². The molecule has 102 valence electrons. The van der Waals surface area contributed by atoms with Crippen molar-refractivity contribution >= 4 is 11.6 Å².